The Balaban J connectivity index is 2.61. The second-order valence-electron chi connectivity index (χ2n) is 2.90. The zero-order valence-corrected chi connectivity index (χ0v) is 8.72. The molecule has 0 saturated carbocycles. The number of halogens is 1. The van der Waals surface area contributed by atoms with Crippen LogP contribution in [0.4, 0.5) is 0 Å². The quantitative estimate of drug-likeness (QED) is 0.629. The van der Waals surface area contributed by atoms with Crippen molar-refractivity contribution in [1.82, 2.24) is 9.97 Å². The van der Waals surface area contributed by atoms with Crippen molar-refractivity contribution in [2.45, 2.75) is 0 Å². The third-order valence-electron chi connectivity index (χ3n) is 1.96. The van der Waals surface area contributed by atoms with Gasteiger partial charge < -0.3 is 9.97 Å². The number of ketones is 1. The van der Waals surface area contributed by atoms with Crippen LogP contribution >= 0.6 is 15.9 Å². The molecule has 2 aromatic rings. The first-order valence-electron chi connectivity index (χ1n) is 4.02. The fourth-order valence-electron chi connectivity index (χ4n) is 1.28. The van der Waals surface area contributed by atoms with Gasteiger partial charge in [-0.25, -0.2) is 4.79 Å². The smallest absolute Gasteiger partial charge is 0.306 e. The van der Waals surface area contributed by atoms with Crippen molar-refractivity contribution in [3.8, 4) is 0 Å². The topological polar surface area (TPSA) is 65.7 Å². The summed E-state index contributed by atoms with van der Waals surface area (Å²) in [6, 6.07) is 5.07. The molecule has 0 radical (unpaired) electrons. The second kappa shape index (κ2) is 3.42. The monoisotopic (exact) mass is 254 g/mol. The predicted octanol–water partition coefficient (Wildman–Crippen LogP) is 1.43. The largest absolute Gasteiger partial charge is 0.323 e. The van der Waals surface area contributed by atoms with E-state index in [0.717, 1.165) is 0 Å². The number of H-pyrrole nitrogens is 2. The maximum Gasteiger partial charge on any atom is 0.323 e. The van der Waals surface area contributed by atoms with Gasteiger partial charge in [0, 0.05) is 5.56 Å². The Morgan fingerprint density at radius 3 is 2.71 bits per heavy atom. The van der Waals surface area contributed by atoms with E-state index in [1.807, 2.05) is 0 Å². The van der Waals surface area contributed by atoms with Crippen LogP contribution in [0.3, 0.4) is 0 Å². The average molecular weight is 255 g/mol. The average Bonchev–Trinajstić information content (AvgIpc) is 2.55. The zero-order valence-electron chi connectivity index (χ0n) is 7.13. The summed E-state index contributed by atoms with van der Waals surface area (Å²) in [5.41, 5.74) is 1.69. The van der Waals surface area contributed by atoms with E-state index in [2.05, 4.69) is 25.9 Å². The molecule has 4 nitrogen and oxygen atoms in total. The molecule has 1 heterocycles. The number of aromatic amines is 2. The Morgan fingerprint density at radius 1 is 1.29 bits per heavy atom. The highest BCUT2D eigenvalue weighted by molar-refractivity contribution is 9.09. The molecular weight excluding hydrogens is 248 g/mol. The summed E-state index contributed by atoms with van der Waals surface area (Å²) in [5.74, 6) is -0.00560. The molecule has 0 atom stereocenters. The third kappa shape index (κ3) is 1.50. The number of benzene rings is 1. The first kappa shape index (κ1) is 9.21. The summed E-state index contributed by atoms with van der Waals surface area (Å²) >= 11 is 3.09. The molecule has 2 rings (SSSR count). The second-order valence-corrected chi connectivity index (χ2v) is 3.46. The Kier molecular flexibility index (Phi) is 2.25. The number of imidazole rings is 1. The van der Waals surface area contributed by atoms with Crippen LogP contribution in [0.25, 0.3) is 11.0 Å². The van der Waals surface area contributed by atoms with Crippen LogP contribution in [0, 0.1) is 0 Å². The fourth-order valence-corrected chi connectivity index (χ4v) is 1.61. The van der Waals surface area contributed by atoms with E-state index in [0.29, 0.717) is 16.6 Å². The lowest BCUT2D eigenvalue weighted by Gasteiger charge is -1.95. The highest BCUT2D eigenvalue weighted by Crippen LogP contribution is 2.11. The van der Waals surface area contributed by atoms with Crippen LogP contribution < -0.4 is 5.69 Å². The van der Waals surface area contributed by atoms with Crippen molar-refractivity contribution < 1.29 is 4.79 Å². The molecular formula is C9H7BrN2O2. The van der Waals surface area contributed by atoms with Gasteiger partial charge in [-0.1, -0.05) is 15.9 Å². The number of alkyl halides is 1. The summed E-state index contributed by atoms with van der Waals surface area (Å²) in [6.07, 6.45) is 0. The van der Waals surface area contributed by atoms with Crippen LogP contribution in [0.2, 0.25) is 0 Å². The molecule has 0 fully saturated rings. The minimum Gasteiger partial charge on any atom is -0.306 e. The molecule has 0 bridgehead atoms. The van der Waals surface area contributed by atoms with Gasteiger partial charge in [0.2, 0.25) is 0 Å². The lowest BCUT2D eigenvalue weighted by Crippen LogP contribution is -1.99. The minimum absolute atomic E-state index is 0.00560. The van der Waals surface area contributed by atoms with Crippen molar-refractivity contribution >= 4 is 32.7 Å². The Bertz CT molecular complexity index is 541. The standard InChI is InChI=1S/C9H7BrN2O2/c10-4-8(13)5-1-2-6-7(3-5)12-9(14)11-6/h1-3H,4H2,(H2,11,12,14). The molecule has 0 amide bonds. The first-order chi connectivity index (χ1) is 6.70. The molecule has 0 aliphatic carbocycles. The van der Waals surface area contributed by atoms with Crippen LogP contribution in [0.15, 0.2) is 23.0 Å². The van der Waals surface area contributed by atoms with Gasteiger partial charge in [-0.3, -0.25) is 4.79 Å². The van der Waals surface area contributed by atoms with Gasteiger partial charge in [0.15, 0.2) is 5.78 Å². The van der Waals surface area contributed by atoms with Crippen LogP contribution in [0.1, 0.15) is 10.4 Å². The number of Topliss-reactive ketones (excluding diaryl/α,β-unsaturated/α-hetero) is 1. The SMILES string of the molecule is O=C(CBr)c1ccc2[nH]c(=O)[nH]c2c1. The van der Waals surface area contributed by atoms with Gasteiger partial charge in [0.25, 0.3) is 0 Å². The van der Waals surface area contributed by atoms with E-state index < -0.39 is 0 Å². The number of hydrogen-bond acceptors (Lipinski definition) is 2. The van der Waals surface area contributed by atoms with Gasteiger partial charge in [-0.05, 0) is 18.2 Å². The molecule has 1 aromatic carbocycles. The van der Waals surface area contributed by atoms with E-state index in [1.165, 1.54) is 0 Å². The van der Waals surface area contributed by atoms with E-state index in [1.54, 1.807) is 18.2 Å². The fraction of sp³-hybridized carbons (Fsp3) is 0.111. The first-order valence-corrected chi connectivity index (χ1v) is 5.14. The normalized spacial score (nSPS) is 10.6. The third-order valence-corrected chi connectivity index (χ3v) is 2.47. The van der Waals surface area contributed by atoms with Crippen LogP contribution in [-0.2, 0) is 0 Å². The number of rotatable bonds is 2. The van der Waals surface area contributed by atoms with Crippen molar-refractivity contribution in [1.29, 1.82) is 0 Å². The number of carbonyl (C=O) groups excluding carboxylic acids is 1. The van der Waals surface area contributed by atoms with E-state index >= 15 is 0 Å². The summed E-state index contributed by atoms with van der Waals surface area (Å²) in [7, 11) is 0. The number of nitrogens with one attached hydrogen (secondary N) is 2. The maximum atomic E-state index is 11.3. The molecule has 0 aliphatic rings. The molecule has 2 N–H and O–H groups in total. The molecule has 72 valence electrons. The lowest BCUT2D eigenvalue weighted by molar-refractivity contribution is 0.102. The summed E-state index contributed by atoms with van der Waals surface area (Å²) < 4.78 is 0. The molecule has 0 saturated heterocycles. The number of fused-ring (bicyclic) bond motifs is 1. The molecule has 0 unspecified atom stereocenters. The van der Waals surface area contributed by atoms with Crippen LogP contribution in [0.5, 0.6) is 0 Å². The van der Waals surface area contributed by atoms with Crippen LogP contribution in [-0.4, -0.2) is 21.1 Å². The van der Waals surface area contributed by atoms with E-state index in [9.17, 15) is 9.59 Å². The Labute approximate surface area is 87.5 Å². The zero-order chi connectivity index (χ0) is 10.1. The van der Waals surface area contributed by atoms with Gasteiger partial charge in [-0.15, -0.1) is 0 Å². The van der Waals surface area contributed by atoms with Crippen molar-refractivity contribution in [2.24, 2.45) is 0 Å². The Morgan fingerprint density at radius 2 is 2.00 bits per heavy atom. The molecule has 0 spiro atoms. The van der Waals surface area contributed by atoms with Crippen molar-refractivity contribution in [3.05, 3.63) is 34.2 Å². The predicted molar refractivity (Wildman–Crippen MR) is 57.0 cm³/mol. The minimum atomic E-state index is -0.261. The maximum absolute atomic E-state index is 11.3. The highest BCUT2D eigenvalue weighted by atomic mass is 79.9. The molecule has 0 aliphatic heterocycles. The number of aromatic nitrogens is 2. The summed E-state index contributed by atoms with van der Waals surface area (Å²) in [5, 5.41) is 0.285. The number of hydrogen-bond donors (Lipinski definition) is 2. The van der Waals surface area contributed by atoms with Gasteiger partial charge >= 0.3 is 5.69 Å². The molecule has 1 aromatic heterocycles. The van der Waals surface area contributed by atoms with E-state index in [4.69, 9.17) is 0 Å². The number of carbonyl (C=O) groups is 1. The van der Waals surface area contributed by atoms with Gasteiger partial charge in [0.05, 0.1) is 16.4 Å². The van der Waals surface area contributed by atoms with Gasteiger partial charge in [-0.2, -0.15) is 0 Å². The molecule has 14 heavy (non-hydrogen) atoms. The molecule has 5 heteroatoms. The van der Waals surface area contributed by atoms with Gasteiger partial charge in [0.1, 0.15) is 0 Å². The summed E-state index contributed by atoms with van der Waals surface area (Å²) in [4.78, 5) is 27.5. The summed E-state index contributed by atoms with van der Waals surface area (Å²) in [6.45, 7) is 0. The Hall–Kier alpha value is -1.36. The lowest BCUT2D eigenvalue weighted by atomic mass is 10.1. The van der Waals surface area contributed by atoms with Crippen molar-refractivity contribution in [3.63, 3.8) is 0 Å². The van der Waals surface area contributed by atoms with E-state index in [-0.39, 0.29) is 16.8 Å². The van der Waals surface area contributed by atoms with Crippen molar-refractivity contribution in [2.75, 3.05) is 5.33 Å². The highest BCUT2D eigenvalue weighted by Gasteiger charge is 2.05.